The van der Waals surface area contributed by atoms with Gasteiger partial charge in [0.25, 0.3) is 11.5 Å². The van der Waals surface area contributed by atoms with Crippen LogP contribution in [0.3, 0.4) is 0 Å². The van der Waals surface area contributed by atoms with Gasteiger partial charge in [-0.2, -0.15) is 0 Å². The zero-order chi connectivity index (χ0) is 34.2. The molecule has 2 heterocycles. The Morgan fingerprint density at radius 3 is 2.32 bits per heavy atom. The number of fused-ring (bicyclic) bond motifs is 1. The summed E-state index contributed by atoms with van der Waals surface area (Å²) in [5.41, 5.74) is 1.84. The normalized spacial score (nSPS) is 20.3. The predicted molar refractivity (Wildman–Crippen MR) is 173 cm³/mol. The molecule has 1 aromatic heterocycles. The van der Waals surface area contributed by atoms with Crippen LogP contribution in [-0.2, 0) is 17.8 Å². The van der Waals surface area contributed by atoms with Crippen molar-refractivity contribution in [1.82, 2.24) is 19.8 Å². The third kappa shape index (κ3) is 7.38. The number of benzene rings is 2. The van der Waals surface area contributed by atoms with Gasteiger partial charge in [-0.15, -0.1) is 13.2 Å². The lowest BCUT2D eigenvalue weighted by molar-refractivity contribution is -0.274. The second kappa shape index (κ2) is 13.8. The maximum atomic E-state index is 14.4. The van der Waals surface area contributed by atoms with Crippen LogP contribution in [0.15, 0.2) is 47.3 Å². The first-order chi connectivity index (χ1) is 22.2. The maximum Gasteiger partial charge on any atom is 0.573 e. The Hall–Kier alpha value is -3.77. The van der Waals surface area contributed by atoms with Crippen LogP contribution in [0.4, 0.5) is 19.1 Å². The molecule has 9 nitrogen and oxygen atoms in total. The molecule has 3 aromatic rings. The van der Waals surface area contributed by atoms with Gasteiger partial charge in [-0.3, -0.25) is 19.0 Å². The molecule has 0 radical (unpaired) electrons. The Kier molecular flexibility index (Phi) is 10.1. The molecule has 0 saturated heterocycles. The Labute approximate surface area is 280 Å². The predicted octanol–water partition coefficient (Wildman–Crippen LogP) is 6.71. The van der Waals surface area contributed by atoms with E-state index in [0.717, 1.165) is 0 Å². The van der Waals surface area contributed by atoms with E-state index in [1.54, 1.807) is 35.7 Å². The first kappa shape index (κ1) is 34.6. The molecule has 5 rings (SSSR count). The van der Waals surface area contributed by atoms with Crippen molar-refractivity contribution in [3.63, 3.8) is 0 Å². The number of hydrogen-bond acceptors (Lipinski definition) is 6. The van der Waals surface area contributed by atoms with Crippen molar-refractivity contribution in [2.75, 3.05) is 19.0 Å². The molecule has 2 atom stereocenters. The minimum atomic E-state index is -4.81. The summed E-state index contributed by atoms with van der Waals surface area (Å²) in [7, 11) is 3.38. The summed E-state index contributed by atoms with van der Waals surface area (Å²) in [6, 6.07) is 9.30. The van der Waals surface area contributed by atoms with Crippen LogP contribution in [-0.4, -0.2) is 52.8 Å². The number of halogens is 5. The van der Waals surface area contributed by atoms with Crippen molar-refractivity contribution in [3.05, 3.63) is 85.2 Å². The van der Waals surface area contributed by atoms with Gasteiger partial charge in [-0.1, -0.05) is 35.3 Å². The minimum absolute atomic E-state index is 0.0242. The van der Waals surface area contributed by atoms with Gasteiger partial charge in [-0.05, 0) is 81.8 Å². The van der Waals surface area contributed by atoms with Gasteiger partial charge in [0.15, 0.2) is 0 Å². The molecular formula is C33H36Cl2F3N5O4. The number of hydrogen-bond donors (Lipinski definition) is 1. The molecule has 1 saturated carbocycles. The lowest BCUT2D eigenvalue weighted by atomic mass is 9.85. The molecule has 2 aliphatic rings. The van der Waals surface area contributed by atoms with Gasteiger partial charge in [0.05, 0.1) is 28.3 Å². The molecule has 2 aromatic carbocycles. The molecule has 47 heavy (non-hydrogen) atoms. The Bertz CT molecular complexity index is 1710. The van der Waals surface area contributed by atoms with Gasteiger partial charge in [-0.25, -0.2) is 4.98 Å². The summed E-state index contributed by atoms with van der Waals surface area (Å²) in [4.78, 5) is 48.8. The molecule has 252 valence electrons. The monoisotopic (exact) mass is 693 g/mol. The molecule has 1 fully saturated rings. The highest BCUT2D eigenvalue weighted by Crippen LogP contribution is 2.37. The molecule has 14 heteroatoms. The highest BCUT2D eigenvalue weighted by atomic mass is 35.5. The second-order valence-corrected chi connectivity index (χ2v) is 13.0. The van der Waals surface area contributed by atoms with E-state index in [1.807, 2.05) is 18.7 Å². The number of carbonyl (C=O) groups excluding carboxylic acids is 2. The van der Waals surface area contributed by atoms with Crippen LogP contribution in [0.25, 0.3) is 0 Å². The van der Waals surface area contributed by atoms with Crippen molar-refractivity contribution < 1.29 is 27.5 Å². The first-order valence-electron chi connectivity index (χ1n) is 15.4. The molecule has 2 amide bonds. The average molecular weight is 695 g/mol. The van der Waals surface area contributed by atoms with Gasteiger partial charge < -0.3 is 19.9 Å². The molecule has 0 unspecified atom stereocenters. The summed E-state index contributed by atoms with van der Waals surface area (Å²) in [6.07, 6.45) is -2.12. The summed E-state index contributed by atoms with van der Waals surface area (Å²) < 4.78 is 44.0. The van der Waals surface area contributed by atoms with E-state index in [4.69, 9.17) is 28.2 Å². The van der Waals surface area contributed by atoms with E-state index in [2.05, 4.69) is 10.1 Å². The Morgan fingerprint density at radius 2 is 1.72 bits per heavy atom. The fourth-order valence-corrected chi connectivity index (χ4v) is 6.75. The number of carbonyl (C=O) groups is 2. The maximum absolute atomic E-state index is 14.4. The van der Waals surface area contributed by atoms with E-state index in [9.17, 15) is 27.6 Å². The zero-order valence-corrected chi connectivity index (χ0v) is 27.9. The largest absolute Gasteiger partial charge is 0.573 e. The van der Waals surface area contributed by atoms with E-state index >= 15 is 0 Å². The summed E-state index contributed by atoms with van der Waals surface area (Å²) in [6.45, 7) is 3.83. The number of anilines is 1. The Balaban J connectivity index is 1.52. The molecular weight excluding hydrogens is 658 g/mol. The van der Waals surface area contributed by atoms with Crippen molar-refractivity contribution in [2.45, 2.75) is 77.0 Å². The lowest BCUT2D eigenvalue weighted by Gasteiger charge is -2.38. The molecule has 0 bridgehead atoms. The third-order valence-corrected chi connectivity index (χ3v) is 9.97. The number of nitrogens with zero attached hydrogens (tertiary/aromatic N) is 4. The van der Waals surface area contributed by atoms with Crippen molar-refractivity contribution >= 4 is 41.0 Å². The van der Waals surface area contributed by atoms with E-state index in [-0.39, 0.29) is 52.7 Å². The highest BCUT2D eigenvalue weighted by Gasteiger charge is 2.36. The second-order valence-electron chi connectivity index (χ2n) is 12.2. The number of ether oxygens (including phenoxy) is 1. The van der Waals surface area contributed by atoms with Crippen LogP contribution in [0, 0.1) is 5.92 Å². The van der Waals surface area contributed by atoms with Crippen molar-refractivity contribution in [2.24, 2.45) is 5.92 Å². The standard InChI is InChI=1S/C33H36Cl2F3N5O4/c1-18-15-25-28(17-42(18)30(45)22-9-14-26(34)27(35)16-22)40-32(43(31(25)46)23-10-5-21(6-11-23)29(44)39-3)41(4)19(2)20-7-12-24(13-8-20)47-33(36,37)38/h7-9,12-14,16,18-19,21,23H,5-6,10-11,15,17H2,1-4H3,(H,39,44)/t18-,19+,21?,23?/m1/s1. The van der Waals surface area contributed by atoms with Crippen LogP contribution >= 0.6 is 23.2 Å². The highest BCUT2D eigenvalue weighted by molar-refractivity contribution is 6.42. The average Bonchev–Trinajstić information content (AvgIpc) is 3.04. The Morgan fingerprint density at radius 1 is 1.06 bits per heavy atom. The van der Waals surface area contributed by atoms with Crippen molar-refractivity contribution in [3.8, 4) is 5.75 Å². The fraction of sp³-hybridized carbons (Fsp3) is 0.455. The van der Waals surface area contributed by atoms with Crippen LogP contribution < -0.4 is 20.5 Å². The molecule has 0 spiro atoms. The lowest BCUT2D eigenvalue weighted by Crippen LogP contribution is -2.47. The quantitative estimate of drug-likeness (QED) is 0.296. The summed E-state index contributed by atoms with van der Waals surface area (Å²) in [5, 5.41) is 3.30. The summed E-state index contributed by atoms with van der Waals surface area (Å²) >= 11 is 12.3. The van der Waals surface area contributed by atoms with Gasteiger partial charge in [0.2, 0.25) is 11.9 Å². The minimum Gasteiger partial charge on any atom is -0.406 e. The van der Waals surface area contributed by atoms with Crippen LogP contribution in [0.5, 0.6) is 5.75 Å². The number of alkyl halides is 3. The van der Waals surface area contributed by atoms with Gasteiger partial charge in [0.1, 0.15) is 5.75 Å². The van der Waals surface area contributed by atoms with Crippen LogP contribution in [0.2, 0.25) is 10.0 Å². The van der Waals surface area contributed by atoms with E-state index < -0.39 is 12.4 Å². The zero-order valence-electron chi connectivity index (χ0n) is 26.4. The first-order valence-corrected chi connectivity index (χ1v) is 16.1. The third-order valence-electron chi connectivity index (χ3n) is 9.23. The van der Waals surface area contributed by atoms with Gasteiger partial charge >= 0.3 is 6.36 Å². The molecule has 1 aliphatic heterocycles. The summed E-state index contributed by atoms with van der Waals surface area (Å²) in [5.74, 6) is -0.407. The number of rotatable bonds is 7. The topological polar surface area (TPSA) is 96.8 Å². The SMILES string of the molecule is CNC(=O)C1CCC(n2c(N(C)[C@@H](C)c3ccc(OC(F)(F)F)cc3)nc3c(c2=O)C[C@@H](C)N(C(=O)c2ccc(Cl)c(Cl)c2)C3)CC1. The number of nitrogens with one attached hydrogen (secondary N) is 1. The van der Waals surface area contributed by atoms with Crippen molar-refractivity contribution in [1.29, 1.82) is 0 Å². The number of aromatic nitrogens is 2. The van der Waals surface area contributed by atoms with Gasteiger partial charge in [0, 0.05) is 43.2 Å². The number of amides is 2. The smallest absolute Gasteiger partial charge is 0.406 e. The molecule has 1 aliphatic carbocycles. The molecule has 1 N–H and O–H groups in total. The fourth-order valence-electron chi connectivity index (χ4n) is 6.45. The van der Waals surface area contributed by atoms with E-state index in [0.29, 0.717) is 65.5 Å². The van der Waals surface area contributed by atoms with Crippen LogP contribution in [0.1, 0.15) is 78.8 Å². The van der Waals surface area contributed by atoms with E-state index in [1.165, 1.54) is 30.3 Å².